The number of nitrogens with zero attached hydrogens (tertiary/aromatic N) is 2. The van der Waals surface area contributed by atoms with Gasteiger partial charge in [0.1, 0.15) is 6.07 Å². The Labute approximate surface area is 100 Å². The molecule has 1 fully saturated rings. The van der Waals surface area contributed by atoms with Crippen molar-refractivity contribution in [2.45, 2.75) is 6.42 Å². The minimum absolute atomic E-state index is 0.563. The summed E-state index contributed by atoms with van der Waals surface area (Å²) in [4.78, 5) is 2.34. The summed E-state index contributed by atoms with van der Waals surface area (Å²) >= 11 is 2.00. The zero-order valence-electron chi connectivity index (χ0n) is 9.15. The van der Waals surface area contributed by atoms with Crippen LogP contribution in [0.1, 0.15) is 12.0 Å². The summed E-state index contributed by atoms with van der Waals surface area (Å²) in [6.07, 6.45) is 1.21. The van der Waals surface area contributed by atoms with Crippen molar-refractivity contribution in [2.24, 2.45) is 0 Å². The van der Waals surface area contributed by atoms with Gasteiger partial charge in [-0.05, 0) is 30.4 Å². The van der Waals surface area contributed by atoms with Crippen LogP contribution in [-0.4, -0.2) is 24.6 Å². The standard InChI is InChI=1S/C12H15N3S/c13-9-10-2-3-11(8-12(10)14)15-4-1-6-16-7-5-15/h2-3,8H,1,4-7,14H2. The third-order valence-corrected chi connectivity index (χ3v) is 3.79. The van der Waals surface area contributed by atoms with Crippen LogP contribution in [0.3, 0.4) is 0 Å². The van der Waals surface area contributed by atoms with E-state index in [-0.39, 0.29) is 0 Å². The van der Waals surface area contributed by atoms with Crippen LogP contribution in [0.5, 0.6) is 0 Å². The molecule has 0 amide bonds. The smallest absolute Gasteiger partial charge is 0.101 e. The average molecular weight is 233 g/mol. The summed E-state index contributed by atoms with van der Waals surface area (Å²) in [5, 5.41) is 8.82. The summed E-state index contributed by atoms with van der Waals surface area (Å²) in [7, 11) is 0. The number of hydrogen-bond acceptors (Lipinski definition) is 4. The highest BCUT2D eigenvalue weighted by molar-refractivity contribution is 7.99. The highest BCUT2D eigenvalue weighted by Gasteiger charge is 2.11. The minimum Gasteiger partial charge on any atom is -0.398 e. The molecule has 1 aliphatic heterocycles. The van der Waals surface area contributed by atoms with Crippen molar-refractivity contribution in [1.82, 2.24) is 0 Å². The van der Waals surface area contributed by atoms with Gasteiger partial charge in [0.05, 0.1) is 11.3 Å². The largest absolute Gasteiger partial charge is 0.398 e. The SMILES string of the molecule is N#Cc1ccc(N2CCCSCC2)cc1N. The van der Waals surface area contributed by atoms with E-state index in [1.807, 2.05) is 30.0 Å². The highest BCUT2D eigenvalue weighted by atomic mass is 32.2. The Bertz CT molecular complexity index is 403. The number of anilines is 2. The molecule has 1 aromatic rings. The van der Waals surface area contributed by atoms with E-state index in [2.05, 4.69) is 11.0 Å². The van der Waals surface area contributed by atoms with Crippen molar-refractivity contribution < 1.29 is 0 Å². The van der Waals surface area contributed by atoms with Crippen molar-refractivity contribution in [3.63, 3.8) is 0 Å². The molecule has 16 heavy (non-hydrogen) atoms. The van der Waals surface area contributed by atoms with E-state index < -0.39 is 0 Å². The van der Waals surface area contributed by atoms with Crippen molar-refractivity contribution in [1.29, 1.82) is 5.26 Å². The molecule has 0 atom stereocenters. The van der Waals surface area contributed by atoms with Gasteiger partial charge in [0.2, 0.25) is 0 Å². The van der Waals surface area contributed by atoms with Crippen LogP contribution < -0.4 is 10.6 Å². The molecule has 2 N–H and O–H groups in total. The lowest BCUT2D eigenvalue weighted by atomic mass is 10.1. The summed E-state index contributed by atoms with van der Waals surface area (Å²) in [5.41, 5.74) is 8.10. The second-order valence-corrected chi connectivity index (χ2v) is 5.06. The van der Waals surface area contributed by atoms with Crippen LogP contribution in [0.4, 0.5) is 11.4 Å². The van der Waals surface area contributed by atoms with E-state index in [1.54, 1.807) is 0 Å². The molecule has 0 aromatic heterocycles. The normalized spacial score (nSPS) is 16.6. The number of hydrogen-bond donors (Lipinski definition) is 1. The number of thioether (sulfide) groups is 1. The maximum atomic E-state index is 8.82. The van der Waals surface area contributed by atoms with Crippen molar-refractivity contribution in [2.75, 3.05) is 35.2 Å². The van der Waals surface area contributed by atoms with Crippen LogP contribution in [0, 0.1) is 11.3 Å². The van der Waals surface area contributed by atoms with Gasteiger partial charge in [-0.25, -0.2) is 0 Å². The Balaban J connectivity index is 2.20. The molecule has 0 radical (unpaired) electrons. The van der Waals surface area contributed by atoms with E-state index in [0.29, 0.717) is 11.3 Å². The van der Waals surface area contributed by atoms with Crippen molar-refractivity contribution in [3.05, 3.63) is 23.8 Å². The van der Waals surface area contributed by atoms with Crippen LogP contribution in [0.25, 0.3) is 0 Å². The molecule has 0 unspecified atom stereocenters. The first-order chi connectivity index (χ1) is 7.81. The molecular weight excluding hydrogens is 218 g/mol. The van der Waals surface area contributed by atoms with Crippen molar-refractivity contribution >= 4 is 23.1 Å². The first-order valence-corrected chi connectivity index (χ1v) is 6.59. The summed E-state index contributed by atoms with van der Waals surface area (Å²) in [6.45, 7) is 2.15. The summed E-state index contributed by atoms with van der Waals surface area (Å²) in [6, 6.07) is 7.80. The third-order valence-electron chi connectivity index (χ3n) is 2.74. The number of benzene rings is 1. The minimum atomic E-state index is 0.563. The zero-order valence-corrected chi connectivity index (χ0v) is 9.96. The predicted molar refractivity (Wildman–Crippen MR) is 69.7 cm³/mol. The van der Waals surface area contributed by atoms with Gasteiger partial charge in [-0.2, -0.15) is 17.0 Å². The summed E-state index contributed by atoms with van der Waals surface area (Å²) in [5.74, 6) is 2.40. The Morgan fingerprint density at radius 3 is 2.94 bits per heavy atom. The Kier molecular flexibility index (Phi) is 3.58. The molecule has 2 rings (SSSR count). The molecule has 1 aliphatic rings. The molecule has 1 aromatic carbocycles. The lowest BCUT2D eigenvalue weighted by Crippen LogP contribution is -2.25. The second kappa shape index (κ2) is 5.13. The Morgan fingerprint density at radius 1 is 1.31 bits per heavy atom. The Hall–Kier alpha value is -1.34. The first-order valence-electron chi connectivity index (χ1n) is 5.43. The quantitative estimate of drug-likeness (QED) is 0.755. The van der Waals surface area contributed by atoms with Crippen LogP contribution >= 0.6 is 11.8 Å². The molecular formula is C12H15N3S. The van der Waals surface area contributed by atoms with Gasteiger partial charge in [-0.1, -0.05) is 0 Å². The van der Waals surface area contributed by atoms with Crippen LogP contribution in [0.15, 0.2) is 18.2 Å². The van der Waals surface area contributed by atoms with E-state index >= 15 is 0 Å². The van der Waals surface area contributed by atoms with Gasteiger partial charge in [-0.15, -0.1) is 0 Å². The fourth-order valence-electron chi connectivity index (χ4n) is 1.85. The summed E-state index contributed by atoms with van der Waals surface area (Å²) < 4.78 is 0. The van der Waals surface area contributed by atoms with Gasteiger partial charge in [0, 0.05) is 24.5 Å². The molecule has 1 heterocycles. The molecule has 3 nitrogen and oxygen atoms in total. The lowest BCUT2D eigenvalue weighted by molar-refractivity contribution is 0.816. The van der Waals surface area contributed by atoms with Gasteiger partial charge in [-0.3, -0.25) is 0 Å². The van der Waals surface area contributed by atoms with Gasteiger partial charge in [0.25, 0.3) is 0 Å². The fraction of sp³-hybridized carbons (Fsp3) is 0.417. The van der Waals surface area contributed by atoms with E-state index in [4.69, 9.17) is 11.0 Å². The third kappa shape index (κ3) is 2.42. The monoisotopic (exact) mass is 233 g/mol. The van der Waals surface area contributed by atoms with Gasteiger partial charge >= 0.3 is 0 Å². The number of nitriles is 1. The maximum absolute atomic E-state index is 8.82. The Morgan fingerprint density at radius 2 is 2.19 bits per heavy atom. The second-order valence-electron chi connectivity index (χ2n) is 3.84. The van der Waals surface area contributed by atoms with Crippen LogP contribution in [0.2, 0.25) is 0 Å². The van der Waals surface area contributed by atoms with Crippen molar-refractivity contribution in [3.8, 4) is 6.07 Å². The first kappa shape index (κ1) is 11.2. The molecule has 0 bridgehead atoms. The van der Waals surface area contributed by atoms with E-state index in [9.17, 15) is 0 Å². The number of nitrogens with two attached hydrogens (primary N) is 1. The fourth-order valence-corrected chi connectivity index (χ4v) is 2.74. The average Bonchev–Trinajstić information content (AvgIpc) is 2.57. The molecule has 0 saturated carbocycles. The molecule has 1 saturated heterocycles. The van der Waals surface area contributed by atoms with E-state index in [0.717, 1.165) is 18.8 Å². The van der Waals surface area contributed by atoms with E-state index in [1.165, 1.54) is 17.9 Å². The van der Waals surface area contributed by atoms with Gasteiger partial charge < -0.3 is 10.6 Å². The molecule has 0 aliphatic carbocycles. The maximum Gasteiger partial charge on any atom is 0.101 e. The van der Waals surface area contributed by atoms with Crippen LogP contribution in [-0.2, 0) is 0 Å². The lowest BCUT2D eigenvalue weighted by Gasteiger charge is -2.22. The number of rotatable bonds is 1. The van der Waals surface area contributed by atoms with Gasteiger partial charge in [0.15, 0.2) is 0 Å². The topological polar surface area (TPSA) is 53.0 Å². The highest BCUT2D eigenvalue weighted by Crippen LogP contribution is 2.23. The zero-order chi connectivity index (χ0) is 11.4. The molecule has 84 valence electrons. The predicted octanol–water partition coefficient (Wildman–Crippen LogP) is 2.08. The molecule has 4 heteroatoms. The number of nitrogen functional groups attached to an aromatic ring is 1. The molecule has 0 spiro atoms.